The molecule has 0 aliphatic heterocycles. The summed E-state index contributed by atoms with van der Waals surface area (Å²) >= 11 is 1.48. The van der Waals surface area contributed by atoms with Crippen molar-refractivity contribution >= 4 is 29.4 Å². The van der Waals surface area contributed by atoms with Crippen LogP contribution >= 0.6 is 11.8 Å². The Bertz CT molecular complexity index is 858. The number of rotatable bonds is 7. The average molecular weight is 383 g/mol. The highest BCUT2D eigenvalue weighted by Gasteiger charge is 2.21. The number of nitrogens with zero attached hydrogens (tertiary/aromatic N) is 1. The Morgan fingerprint density at radius 1 is 1.15 bits per heavy atom. The van der Waals surface area contributed by atoms with Gasteiger partial charge >= 0.3 is 12.0 Å². The molecule has 2 amide bonds. The molecule has 6 nitrogen and oxygen atoms in total. The van der Waals surface area contributed by atoms with Crippen molar-refractivity contribution in [2.45, 2.75) is 42.0 Å². The summed E-state index contributed by atoms with van der Waals surface area (Å²) < 4.78 is 0. The normalized spacial score (nSPS) is 10.7. The minimum atomic E-state index is -0.892. The van der Waals surface area contributed by atoms with E-state index in [9.17, 15) is 9.59 Å². The first-order valence-corrected chi connectivity index (χ1v) is 9.19. The van der Waals surface area contributed by atoms with Crippen molar-refractivity contribution in [3.8, 4) is 6.07 Å². The fraction of sp³-hybridized carbons (Fsp3) is 0.250. The summed E-state index contributed by atoms with van der Waals surface area (Å²) in [6, 6.07) is 16.4. The molecule has 0 unspecified atom stereocenters. The highest BCUT2D eigenvalue weighted by Crippen LogP contribution is 2.30. The van der Waals surface area contributed by atoms with Crippen LogP contribution in [0.4, 0.5) is 10.5 Å². The van der Waals surface area contributed by atoms with Gasteiger partial charge in [-0.1, -0.05) is 23.9 Å². The first-order valence-electron chi connectivity index (χ1n) is 8.37. The molecule has 0 aliphatic carbocycles. The van der Waals surface area contributed by atoms with Gasteiger partial charge in [0, 0.05) is 27.4 Å². The molecule has 0 bridgehead atoms. The molecule has 0 spiro atoms. The van der Waals surface area contributed by atoms with Gasteiger partial charge in [-0.2, -0.15) is 5.26 Å². The minimum Gasteiger partial charge on any atom is -0.481 e. The topological polar surface area (TPSA) is 102 Å². The number of carboxylic acids is 1. The van der Waals surface area contributed by atoms with Gasteiger partial charge in [-0.25, -0.2) is 4.79 Å². The lowest BCUT2D eigenvalue weighted by Gasteiger charge is -2.25. The molecule has 2 aromatic rings. The van der Waals surface area contributed by atoms with E-state index in [1.165, 1.54) is 11.8 Å². The third-order valence-electron chi connectivity index (χ3n) is 3.76. The Labute approximate surface area is 162 Å². The van der Waals surface area contributed by atoms with Crippen molar-refractivity contribution < 1.29 is 14.7 Å². The number of benzene rings is 2. The predicted octanol–water partition coefficient (Wildman–Crippen LogP) is 4.47. The molecule has 0 saturated heterocycles. The summed E-state index contributed by atoms with van der Waals surface area (Å²) in [5, 5.41) is 23.4. The SMILES string of the molecule is CC(C)(CCC(=O)O)NC(=O)Nc1ccc(Sc2ccccc2C#N)cc1. The molecule has 140 valence electrons. The second-order valence-electron chi connectivity index (χ2n) is 6.59. The van der Waals surface area contributed by atoms with Crippen LogP contribution in [0.5, 0.6) is 0 Å². The van der Waals surface area contributed by atoms with Crippen molar-refractivity contribution in [2.75, 3.05) is 5.32 Å². The molecule has 2 rings (SSSR count). The molecular formula is C20H21N3O3S. The number of carbonyl (C=O) groups is 2. The number of carbonyl (C=O) groups excluding carboxylic acids is 1. The molecule has 0 aliphatic rings. The molecule has 0 radical (unpaired) electrons. The number of hydrogen-bond acceptors (Lipinski definition) is 4. The zero-order valence-electron chi connectivity index (χ0n) is 15.2. The number of anilines is 1. The fourth-order valence-electron chi connectivity index (χ4n) is 2.33. The summed E-state index contributed by atoms with van der Waals surface area (Å²) in [6.07, 6.45) is 0.326. The van der Waals surface area contributed by atoms with Gasteiger partial charge in [-0.3, -0.25) is 4.79 Å². The lowest BCUT2D eigenvalue weighted by Crippen LogP contribution is -2.45. The van der Waals surface area contributed by atoms with Crippen LogP contribution in [0.25, 0.3) is 0 Å². The van der Waals surface area contributed by atoms with E-state index >= 15 is 0 Å². The number of nitrogens with one attached hydrogen (secondary N) is 2. The molecule has 27 heavy (non-hydrogen) atoms. The van der Waals surface area contributed by atoms with Gasteiger partial charge in [0.05, 0.1) is 5.56 Å². The molecule has 2 aromatic carbocycles. The van der Waals surface area contributed by atoms with Crippen LogP contribution in [0.3, 0.4) is 0 Å². The molecule has 3 N–H and O–H groups in total. The third-order valence-corrected chi connectivity index (χ3v) is 4.85. The van der Waals surface area contributed by atoms with Crippen LogP contribution in [0.2, 0.25) is 0 Å². The first-order chi connectivity index (χ1) is 12.8. The Kier molecular flexibility index (Phi) is 6.85. The van der Waals surface area contributed by atoms with Gasteiger partial charge in [-0.05, 0) is 56.7 Å². The molecule has 7 heteroatoms. The van der Waals surface area contributed by atoms with Crippen LogP contribution in [0.15, 0.2) is 58.3 Å². The van der Waals surface area contributed by atoms with Gasteiger partial charge in [0.25, 0.3) is 0 Å². The smallest absolute Gasteiger partial charge is 0.319 e. The summed E-state index contributed by atoms with van der Waals surface area (Å²) in [5.74, 6) is -0.892. The van der Waals surface area contributed by atoms with E-state index in [2.05, 4.69) is 16.7 Å². The quantitative estimate of drug-likeness (QED) is 0.654. The predicted molar refractivity (Wildman–Crippen MR) is 105 cm³/mol. The Balaban J connectivity index is 1.94. The monoisotopic (exact) mass is 383 g/mol. The molecule has 0 atom stereocenters. The van der Waals surface area contributed by atoms with E-state index in [1.54, 1.807) is 32.0 Å². The molecule has 0 heterocycles. The summed E-state index contributed by atoms with van der Waals surface area (Å²) in [7, 11) is 0. The van der Waals surface area contributed by atoms with Crippen LogP contribution < -0.4 is 10.6 Å². The van der Waals surface area contributed by atoms with Gasteiger partial charge in [0.1, 0.15) is 6.07 Å². The maximum atomic E-state index is 12.1. The van der Waals surface area contributed by atoms with Crippen LogP contribution in [0, 0.1) is 11.3 Å². The molecule has 0 aromatic heterocycles. The maximum absolute atomic E-state index is 12.1. The average Bonchev–Trinajstić information content (AvgIpc) is 2.62. The number of aliphatic carboxylic acids is 1. The second kappa shape index (κ2) is 9.10. The van der Waals surface area contributed by atoms with Crippen LogP contribution in [-0.4, -0.2) is 22.6 Å². The summed E-state index contributed by atoms with van der Waals surface area (Å²) in [5.41, 5.74) is 0.617. The lowest BCUT2D eigenvalue weighted by atomic mass is 9.99. The zero-order valence-corrected chi connectivity index (χ0v) is 16.0. The molecular weight excluding hydrogens is 362 g/mol. The van der Waals surface area contributed by atoms with Crippen molar-refractivity contribution in [2.24, 2.45) is 0 Å². The third kappa shape index (κ3) is 6.68. The van der Waals surface area contributed by atoms with Crippen molar-refractivity contribution in [3.05, 3.63) is 54.1 Å². The van der Waals surface area contributed by atoms with Gasteiger partial charge in [0.15, 0.2) is 0 Å². The van der Waals surface area contributed by atoms with Crippen molar-refractivity contribution in [1.82, 2.24) is 5.32 Å². The number of amides is 2. The zero-order chi connectivity index (χ0) is 19.9. The molecule has 0 fully saturated rings. The Morgan fingerprint density at radius 2 is 1.81 bits per heavy atom. The van der Waals surface area contributed by atoms with Gasteiger partial charge in [0.2, 0.25) is 0 Å². The summed E-state index contributed by atoms with van der Waals surface area (Å²) in [6.45, 7) is 3.56. The Morgan fingerprint density at radius 3 is 2.44 bits per heavy atom. The largest absolute Gasteiger partial charge is 0.481 e. The highest BCUT2D eigenvalue weighted by atomic mass is 32.2. The van der Waals surface area contributed by atoms with E-state index < -0.39 is 11.5 Å². The first kappa shape index (κ1) is 20.3. The van der Waals surface area contributed by atoms with E-state index in [0.717, 1.165) is 9.79 Å². The van der Waals surface area contributed by atoms with E-state index in [4.69, 9.17) is 10.4 Å². The van der Waals surface area contributed by atoms with Gasteiger partial charge < -0.3 is 15.7 Å². The number of nitriles is 1. The highest BCUT2D eigenvalue weighted by molar-refractivity contribution is 7.99. The van der Waals surface area contributed by atoms with E-state index in [-0.39, 0.29) is 12.5 Å². The Hall–Kier alpha value is -2.98. The number of carboxylic acid groups (broad SMARTS) is 1. The minimum absolute atomic E-state index is 0.0105. The van der Waals surface area contributed by atoms with E-state index in [1.807, 2.05) is 30.3 Å². The van der Waals surface area contributed by atoms with E-state index in [0.29, 0.717) is 17.7 Å². The fourth-order valence-corrected chi connectivity index (χ4v) is 3.23. The summed E-state index contributed by atoms with van der Waals surface area (Å²) in [4.78, 5) is 24.6. The van der Waals surface area contributed by atoms with Crippen LogP contribution in [0.1, 0.15) is 32.3 Å². The second-order valence-corrected chi connectivity index (χ2v) is 7.71. The maximum Gasteiger partial charge on any atom is 0.319 e. The van der Waals surface area contributed by atoms with Crippen molar-refractivity contribution in [3.63, 3.8) is 0 Å². The lowest BCUT2D eigenvalue weighted by molar-refractivity contribution is -0.137. The number of hydrogen-bond donors (Lipinski definition) is 3. The van der Waals surface area contributed by atoms with Crippen LogP contribution in [-0.2, 0) is 4.79 Å². The standard InChI is InChI=1S/C20H21N3O3S/c1-20(2,12-11-18(24)25)23-19(26)22-15-7-9-16(10-8-15)27-17-6-4-3-5-14(17)13-21/h3-10H,11-12H2,1-2H3,(H,24,25)(H2,22,23,26). The molecule has 0 saturated carbocycles. The van der Waals surface area contributed by atoms with Crippen molar-refractivity contribution in [1.29, 1.82) is 5.26 Å². The van der Waals surface area contributed by atoms with Gasteiger partial charge in [-0.15, -0.1) is 0 Å². The number of urea groups is 1.